The minimum Gasteiger partial charge on any atom is -0.462 e. The highest BCUT2D eigenvalue weighted by Gasteiger charge is 2.17. The number of rotatable bonds is 15. The van der Waals surface area contributed by atoms with E-state index in [2.05, 4.69) is 20.4 Å². The molecule has 2 unspecified atom stereocenters. The Balaban J connectivity index is 1.69. The molecule has 0 N–H and O–H groups in total. The normalized spacial score (nSPS) is 13.0. The Morgan fingerprint density at radius 2 is 1.51 bits per heavy atom. The zero-order valence-electron chi connectivity index (χ0n) is 23.5. The van der Waals surface area contributed by atoms with Gasteiger partial charge in [0, 0.05) is 11.1 Å². The van der Waals surface area contributed by atoms with Crippen LogP contribution in [-0.2, 0) is 0 Å². The van der Waals surface area contributed by atoms with Crippen molar-refractivity contribution in [2.75, 3.05) is 0 Å². The zero-order valence-corrected chi connectivity index (χ0v) is 23.5. The minimum atomic E-state index is -1.04. The Labute approximate surface area is 232 Å². The van der Waals surface area contributed by atoms with Crippen LogP contribution >= 0.6 is 0 Å². The molecule has 0 aliphatic rings. The van der Waals surface area contributed by atoms with Crippen LogP contribution in [0.1, 0.15) is 83.6 Å². The number of halogens is 3. The molecule has 0 fully saturated rings. The van der Waals surface area contributed by atoms with Crippen molar-refractivity contribution in [3.8, 4) is 28.0 Å². The van der Waals surface area contributed by atoms with E-state index in [1.807, 2.05) is 25.1 Å². The summed E-state index contributed by atoms with van der Waals surface area (Å²) in [6, 6.07) is 15.2. The second-order valence-electron chi connectivity index (χ2n) is 10.3. The monoisotopic (exact) mass is 534 g/mol. The van der Waals surface area contributed by atoms with Gasteiger partial charge in [0.05, 0.1) is 6.26 Å². The first-order valence-electron chi connectivity index (χ1n) is 14.2. The van der Waals surface area contributed by atoms with Gasteiger partial charge in [-0.25, -0.2) is 8.78 Å². The lowest BCUT2D eigenvalue weighted by atomic mass is 9.87. The Morgan fingerprint density at radius 3 is 2.15 bits per heavy atom. The van der Waals surface area contributed by atoms with Crippen molar-refractivity contribution in [2.24, 2.45) is 5.92 Å². The van der Waals surface area contributed by atoms with E-state index in [0.717, 1.165) is 31.2 Å². The number of hydrogen-bond donors (Lipinski definition) is 0. The molecule has 0 saturated heterocycles. The van der Waals surface area contributed by atoms with E-state index in [-0.39, 0.29) is 23.0 Å². The molecule has 1 nitrogen and oxygen atoms in total. The maximum Gasteiger partial charge on any atom is 0.201 e. The van der Waals surface area contributed by atoms with Crippen molar-refractivity contribution < 1.29 is 17.9 Å². The van der Waals surface area contributed by atoms with Crippen LogP contribution in [0.3, 0.4) is 0 Å². The molecule has 0 spiro atoms. The van der Waals surface area contributed by atoms with Crippen LogP contribution in [0.15, 0.2) is 79.6 Å². The second kappa shape index (κ2) is 15.4. The van der Waals surface area contributed by atoms with E-state index in [0.29, 0.717) is 22.6 Å². The molecule has 0 aromatic heterocycles. The van der Waals surface area contributed by atoms with E-state index >= 15 is 4.39 Å². The van der Waals surface area contributed by atoms with Gasteiger partial charge >= 0.3 is 0 Å². The number of ether oxygens (including phenoxy) is 1. The van der Waals surface area contributed by atoms with Gasteiger partial charge in [-0.05, 0) is 78.5 Å². The lowest BCUT2D eigenvalue weighted by molar-refractivity contribution is 0.407. The Bertz CT molecular complexity index is 1230. The molecule has 0 saturated carbocycles. The second-order valence-corrected chi connectivity index (χ2v) is 10.3. The molecule has 0 bridgehead atoms. The summed E-state index contributed by atoms with van der Waals surface area (Å²) in [5.41, 5.74) is 2.79. The van der Waals surface area contributed by atoms with Gasteiger partial charge in [-0.15, -0.1) is 6.58 Å². The summed E-state index contributed by atoms with van der Waals surface area (Å²) in [6.07, 6.45) is 13.9. The average Bonchev–Trinajstić information content (AvgIpc) is 2.94. The predicted molar refractivity (Wildman–Crippen MR) is 157 cm³/mol. The fourth-order valence-corrected chi connectivity index (χ4v) is 4.92. The number of allylic oxidation sites excluding steroid dienone is 2. The van der Waals surface area contributed by atoms with Gasteiger partial charge in [-0.3, -0.25) is 0 Å². The van der Waals surface area contributed by atoms with Crippen LogP contribution in [0.4, 0.5) is 13.2 Å². The number of benzene rings is 3. The molecule has 0 amide bonds. The Hall–Kier alpha value is -3.27. The highest BCUT2D eigenvalue weighted by molar-refractivity contribution is 5.71. The van der Waals surface area contributed by atoms with E-state index in [4.69, 9.17) is 4.74 Å². The van der Waals surface area contributed by atoms with E-state index < -0.39 is 11.6 Å². The molecular formula is C35H41F3O. The Morgan fingerprint density at radius 1 is 0.821 bits per heavy atom. The van der Waals surface area contributed by atoms with Crippen LogP contribution in [0.2, 0.25) is 0 Å². The van der Waals surface area contributed by atoms with Crippen molar-refractivity contribution in [3.63, 3.8) is 0 Å². The molecule has 3 aromatic rings. The van der Waals surface area contributed by atoms with Crippen molar-refractivity contribution in [1.29, 1.82) is 0 Å². The Kier molecular flexibility index (Phi) is 11.9. The maximum atomic E-state index is 15.2. The van der Waals surface area contributed by atoms with Gasteiger partial charge in [0.15, 0.2) is 11.6 Å². The van der Waals surface area contributed by atoms with E-state index in [1.165, 1.54) is 44.1 Å². The van der Waals surface area contributed by atoms with Crippen molar-refractivity contribution >= 4 is 0 Å². The molecule has 2 atom stereocenters. The zero-order chi connectivity index (χ0) is 28.2. The third-order valence-corrected chi connectivity index (χ3v) is 7.37. The summed E-state index contributed by atoms with van der Waals surface area (Å²) in [6.45, 7) is 10.2. The van der Waals surface area contributed by atoms with Gasteiger partial charge in [0.1, 0.15) is 5.82 Å². The van der Waals surface area contributed by atoms with E-state index in [1.54, 1.807) is 36.4 Å². The van der Waals surface area contributed by atoms with Crippen LogP contribution in [0.25, 0.3) is 22.3 Å². The van der Waals surface area contributed by atoms with Crippen LogP contribution in [0, 0.1) is 23.4 Å². The molecule has 39 heavy (non-hydrogen) atoms. The van der Waals surface area contributed by atoms with Gasteiger partial charge in [0.2, 0.25) is 5.82 Å². The fourth-order valence-electron chi connectivity index (χ4n) is 4.92. The third-order valence-electron chi connectivity index (χ3n) is 7.37. The van der Waals surface area contributed by atoms with Crippen LogP contribution < -0.4 is 4.74 Å². The van der Waals surface area contributed by atoms with Crippen LogP contribution in [-0.4, -0.2) is 0 Å². The topological polar surface area (TPSA) is 9.23 Å². The maximum absolute atomic E-state index is 15.2. The van der Waals surface area contributed by atoms with Crippen LogP contribution in [0.5, 0.6) is 5.75 Å². The van der Waals surface area contributed by atoms with Gasteiger partial charge in [0.25, 0.3) is 0 Å². The lowest BCUT2D eigenvalue weighted by Gasteiger charge is -2.19. The molecule has 0 heterocycles. The molecule has 0 radical (unpaired) electrons. The number of hydrogen-bond acceptors (Lipinski definition) is 1. The number of unbranched alkanes of at least 4 members (excludes halogenated alkanes) is 2. The standard InChI is InChI=1S/C35H41F3O/c1-5-8-10-12-26(11-7-3)14-13-25(4)29-19-20-30(32(36)24-29)27-15-17-28(18-16-27)31-21-22-33(35(38)34(31)37)39-23-9-6-2/h7,9,15-26H,3,5-6,8,10-14H2,1-2,4H3/b23-9-. The molecular weight excluding hydrogens is 493 g/mol. The summed E-state index contributed by atoms with van der Waals surface area (Å²) in [7, 11) is 0. The van der Waals surface area contributed by atoms with Crippen molar-refractivity contribution in [1.82, 2.24) is 0 Å². The summed E-state index contributed by atoms with van der Waals surface area (Å²) in [5, 5.41) is 0. The summed E-state index contributed by atoms with van der Waals surface area (Å²) >= 11 is 0. The first-order valence-corrected chi connectivity index (χ1v) is 14.2. The highest BCUT2D eigenvalue weighted by atomic mass is 19.2. The smallest absolute Gasteiger partial charge is 0.201 e. The first-order chi connectivity index (χ1) is 18.9. The van der Waals surface area contributed by atoms with Crippen molar-refractivity contribution in [2.45, 2.75) is 78.1 Å². The molecule has 208 valence electrons. The largest absolute Gasteiger partial charge is 0.462 e. The highest BCUT2D eigenvalue weighted by Crippen LogP contribution is 2.34. The quantitative estimate of drug-likeness (QED) is 0.107. The van der Waals surface area contributed by atoms with Crippen molar-refractivity contribution in [3.05, 3.63) is 103 Å². The van der Waals surface area contributed by atoms with Gasteiger partial charge in [-0.1, -0.05) is 88.9 Å². The first kappa shape index (κ1) is 30.3. The van der Waals surface area contributed by atoms with Gasteiger partial charge < -0.3 is 4.74 Å². The predicted octanol–water partition coefficient (Wildman–Crippen LogP) is 11.4. The fraction of sp³-hybridized carbons (Fsp3) is 0.371. The summed E-state index contributed by atoms with van der Waals surface area (Å²) < 4.78 is 49.6. The average molecular weight is 535 g/mol. The molecule has 0 aliphatic heterocycles. The molecule has 3 aromatic carbocycles. The molecule has 3 rings (SSSR count). The lowest BCUT2D eigenvalue weighted by Crippen LogP contribution is -2.03. The summed E-state index contributed by atoms with van der Waals surface area (Å²) in [5.74, 6) is -1.56. The third kappa shape index (κ3) is 8.36. The van der Waals surface area contributed by atoms with E-state index in [9.17, 15) is 8.78 Å². The summed E-state index contributed by atoms with van der Waals surface area (Å²) in [4.78, 5) is 0. The SMILES string of the molecule is C=CCC(CCCCC)CCC(C)c1ccc(-c2ccc(-c3ccc(O/C=C\CC)c(F)c3F)cc2)c(F)c1. The molecule has 4 heteroatoms. The molecule has 0 aliphatic carbocycles. The minimum absolute atomic E-state index is 0.125. The van der Waals surface area contributed by atoms with Gasteiger partial charge in [-0.2, -0.15) is 4.39 Å².